The third-order valence-electron chi connectivity index (χ3n) is 4.29. The van der Waals surface area contributed by atoms with Crippen LogP contribution in [0, 0.1) is 0 Å². The van der Waals surface area contributed by atoms with Gasteiger partial charge in [0.15, 0.2) is 18.0 Å². The zero-order valence-corrected chi connectivity index (χ0v) is 15.5. The van der Waals surface area contributed by atoms with E-state index in [1.807, 2.05) is 18.2 Å². The summed E-state index contributed by atoms with van der Waals surface area (Å²) in [6.45, 7) is 5.67. The fourth-order valence-corrected chi connectivity index (χ4v) is 2.92. The summed E-state index contributed by atoms with van der Waals surface area (Å²) in [5.41, 5.74) is 2.50. The molecule has 1 aliphatic rings. The first kappa shape index (κ1) is 18.7. The molecule has 0 saturated heterocycles. The first-order valence-electron chi connectivity index (χ1n) is 8.93. The number of fused-ring (bicyclic) bond motifs is 1. The van der Waals surface area contributed by atoms with E-state index < -0.39 is 0 Å². The highest BCUT2D eigenvalue weighted by molar-refractivity contribution is 5.92. The second kappa shape index (κ2) is 8.55. The fourth-order valence-electron chi connectivity index (χ4n) is 2.92. The van der Waals surface area contributed by atoms with Gasteiger partial charge in [-0.15, -0.1) is 0 Å². The highest BCUT2D eigenvalue weighted by Crippen LogP contribution is 2.32. The third-order valence-corrected chi connectivity index (χ3v) is 4.29. The molecule has 0 saturated carbocycles. The maximum absolute atomic E-state index is 12.4. The van der Waals surface area contributed by atoms with E-state index in [4.69, 9.17) is 9.47 Å². The number of ether oxygens (including phenoxy) is 2. The second-order valence-electron chi connectivity index (χ2n) is 6.45. The number of benzene rings is 2. The highest BCUT2D eigenvalue weighted by atomic mass is 16.7. The smallest absolute Gasteiger partial charge is 0.279 e. The molecule has 7 nitrogen and oxygen atoms in total. The van der Waals surface area contributed by atoms with Crippen LogP contribution in [0.2, 0.25) is 0 Å². The maximum atomic E-state index is 12.4. The average molecular weight is 370 g/mol. The van der Waals surface area contributed by atoms with Crippen molar-refractivity contribution in [3.63, 3.8) is 0 Å². The molecule has 0 fully saturated rings. The van der Waals surface area contributed by atoms with E-state index in [0.717, 1.165) is 35.1 Å². The van der Waals surface area contributed by atoms with Crippen molar-refractivity contribution in [3.8, 4) is 11.5 Å². The Morgan fingerprint density at radius 2 is 1.67 bits per heavy atom. The van der Waals surface area contributed by atoms with E-state index in [1.165, 1.54) is 6.92 Å². The summed E-state index contributed by atoms with van der Waals surface area (Å²) < 4.78 is 10.7. The second-order valence-corrected chi connectivity index (χ2v) is 6.45. The van der Waals surface area contributed by atoms with E-state index in [9.17, 15) is 9.59 Å². The summed E-state index contributed by atoms with van der Waals surface area (Å²) in [5.74, 6) is 1.33. The normalized spacial score (nSPS) is 13.1. The monoisotopic (exact) mass is 370 g/mol. The van der Waals surface area contributed by atoms with E-state index in [-0.39, 0.29) is 18.6 Å². The number of carbonyl (C=O) groups is 2. The molecule has 2 aromatic rings. The minimum atomic E-state index is -0.127. The number of nitrogens with one attached hydrogen (secondary N) is 3. The van der Waals surface area contributed by atoms with Gasteiger partial charge in [0.2, 0.25) is 12.7 Å². The van der Waals surface area contributed by atoms with Crippen molar-refractivity contribution in [1.82, 2.24) is 0 Å². The van der Waals surface area contributed by atoms with E-state index >= 15 is 0 Å². The maximum Gasteiger partial charge on any atom is 0.279 e. The van der Waals surface area contributed by atoms with Gasteiger partial charge in [0, 0.05) is 23.9 Å². The van der Waals surface area contributed by atoms with Crippen molar-refractivity contribution in [2.24, 2.45) is 0 Å². The number of hydrogen-bond donors (Lipinski definition) is 3. The van der Waals surface area contributed by atoms with Gasteiger partial charge < -0.3 is 25.0 Å². The number of likely N-dealkylation sites (N-methyl/N-ethyl adjacent to an activating group) is 1. The Kier molecular flexibility index (Phi) is 5.93. The molecule has 0 spiro atoms. The Bertz CT molecular complexity index is 820. The molecule has 1 heterocycles. The molecule has 0 aliphatic carbocycles. The fraction of sp³-hybridized carbons (Fsp3) is 0.300. The van der Waals surface area contributed by atoms with Crippen LogP contribution in [0.15, 0.2) is 42.5 Å². The van der Waals surface area contributed by atoms with Crippen LogP contribution >= 0.6 is 0 Å². The number of carbonyl (C=O) groups excluding carboxylic acids is 2. The molecule has 2 amide bonds. The van der Waals surface area contributed by atoms with Crippen LogP contribution in [0.25, 0.3) is 0 Å². The van der Waals surface area contributed by atoms with Gasteiger partial charge in [-0.3, -0.25) is 9.59 Å². The first-order valence-corrected chi connectivity index (χ1v) is 8.93. The van der Waals surface area contributed by atoms with Crippen molar-refractivity contribution in [1.29, 1.82) is 0 Å². The van der Waals surface area contributed by atoms with Crippen molar-refractivity contribution < 1.29 is 24.0 Å². The molecule has 7 heteroatoms. The van der Waals surface area contributed by atoms with Crippen molar-refractivity contribution in [2.75, 3.05) is 30.5 Å². The summed E-state index contributed by atoms with van der Waals surface area (Å²) in [4.78, 5) is 24.6. The standard InChI is InChI=1S/C20H23N3O4/c1-3-23(11-15-4-9-18-19(10-15)27-13-26-18)12-20(25)22-17-7-5-16(6-8-17)21-14(2)24/h4-10H,3,11-13H2,1-2H3,(H,21,24)(H,22,25)/p+1. The summed E-state index contributed by atoms with van der Waals surface area (Å²) in [6, 6.07) is 12.9. The lowest BCUT2D eigenvalue weighted by molar-refractivity contribution is -0.903. The van der Waals surface area contributed by atoms with Crippen LogP contribution in [0.3, 0.4) is 0 Å². The van der Waals surface area contributed by atoms with Gasteiger partial charge in [0.1, 0.15) is 6.54 Å². The number of quaternary nitrogens is 1. The van der Waals surface area contributed by atoms with E-state index in [1.54, 1.807) is 24.3 Å². The lowest BCUT2D eigenvalue weighted by atomic mass is 10.2. The van der Waals surface area contributed by atoms with Gasteiger partial charge in [-0.05, 0) is 49.4 Å². The molecule has 3 rings (SSSR count). The number of hydrogen-bond acceptors (Lipinski definition) is 4. The van der Waals surface area contributed by atoms with Gasteiger partial charge in [-0.2, -0.15) is 0 Å². The van der Waals surface area contributed by atoms with Crippen molar-refractivity contribution in [2.45, 2.75) is 20.4 Å². The largest absolute Gasteiger partial charge is 0.454 e. The van der Waals surface area contributed by atoms with Gasteiger partial charge >= 0.3 is 0 Å². The summed E-state index contributed by atoms with van der Waals surface area (Å²) in [7, 11) is 0. The predicted molar refractivity (Wildman–Crippen MR) is 102 cm³/mol. The Morgan fingerprint density at radius 1 is 1.00 bits per heavy atom. The van der Waals surface area contributed by atoms with Crippen LogP contribution in [0.1, 0.15) is 19.4 Å². The third kappa shape index (κ3) is 5.21. The molecule has 0 radical (unpaired) electrons. The van der Waals surface area contributed by atoms with Crippen molar-refractivity contribution >= 4 is 23.2 Å². The van der Waals surface area contributed by atoms with Crippen molar-refractivity contribution in [3.05, 3.63) is 48.0 Å². The lowest BCUT2D eigenvalue weighted by Gasteiger charge is -2.17. The minimum Gasteiger partial charge on any atom is -0.454 e. The number of anilines is 2. The summed E-state index contributed by atoms with van der Waals surface area (Å²) in [5, 5.41) is 5.59. The molecular weight excluding hydrogens is 346 g/mol. The van der Waals surface area contributed by atoms with Gasteiger partial charge in [0.25, 0.3) is 5.91 Å². The van der Waals surface area contributed by atoms with E-state index in [2.05, 4.69) is 17.6 Å². The molecule has 0 bridgehead atoms. The molecule has 0 aromatic heterocycles. The van der Waals surface area contributed by atoms with Gasteiger partial charge in [-0.25, -0.2) is 0 Å². The summed E-state index contributed by atoms with van der Waals surface area (Å²) >= 11 is 0. The van der Waals surface area contributed by atoms with Crippen LogP contribution in [0.4, 0.5) is 11.4 Å². The molecule has 1 atom stereocenters. The Hall–Kier alpha value is -3.06. The average Bonchev–Trinajstić information content (AvgIpc) is 3.10. The summed E-state index contributed by atoms with van der Waals surface area (Å²) in [6.07, 6.45) is 0. The minimum absolute atomic E-state index is 0.0557. The number of amides is 2. The number of rotatable bonds is 7. The van der Waals surface area contributed by atoms with Crippen LogP contribution < -0.4 is 25.0 Å². The molecule has 3 N–H and O–H groups in total. The van der Waals surface area contributed by atoms with Crippen LogP contribution in [0.5, 0.6) is 11.5 Å². The van der Waals surface area contributed by atoms with E-state index in [0.29, 0.717) is 17.9 Å². The Balaban J connectivity index is 1.54. The van der Waals surface area contributed by atoms with Crippen LogP contribution in [-0.4, -0.2) is 31.7 Å². The van der Waals surface area contributed by atoms with Crippen LogP contribution in [-0.2, 0) is 16.1 Å². The molecule has 1 aliphatic heterocycles. The topological polar surface area (TPSA) is 81.1 Å². The lowest BCUT2D eigenvalue weighted by Crippen LogP contribution is -3.11. The zero-order chi connectivity index (χ0) is 19.2. The highest BCUT2D eigenvalue weighted by Gasteiger charge is 2.17. The molecule has 27 heavy (non-hydrogen) atoms. The molecule has 2 aromatic carbocycles. The first-order chi connectivity index (χ1) is 13.0. The predicted octanol–water partition coefficient (Wildman–Crippen LogP) is 1.42. The zero-order valence-electron chi connectivity index (χ0n) is 15.5. The molecule has 1 unspecified atom stereocenters. The Labute approximate surface area is 158 Å². The van der Waals surface area contributed by atoms with Gasteiger partial charge in [0.05, 0.1) is 6.54 Å². The Morgan fingerprint density at radius 3 is 2.33 bits per heavy atom. The molecular formula is C20H24N3O4+. The molecule has 142 valence electrons. The van der Waals surface area contributed by atoms with Gasteiger partial charge in [-0.1, -0.05) is 0 Å². The SMILES string of the molecule is CC[NH+](CC(=O)Nc1ccc(NC(C)=O)cc1)Cc1ccc2c(c1)OCO2. The quantitative estimate of drug-likeness (QED) is 0.689.